The molecule has 0 radical (unpaired) electrons. The van der Waals surface area contributed by atoms with Gasteiger partial charge in [-0.2, -0.15) is 11.8 Å². The van der Waals surface area contributed by atoms with Crippen molar-refractivity contribution in [1.82, 2.24) is 5.32 Å². The van der Waals surface area contributed by atoms with Gasteiger partial charge in [0.05, 0.1) is 18.9 Å². The predicted molar refractivity (Wildman–Crippen MR) is 117 cm³/mol. The summed E-state index contributed by atoms with van der Waals surface area (Å²) in [6.45, 7) is 5.66. The lowest BCUT2D eigenvalue weighted by molar-refractivity contribution is -0.122. The Hall–Kier alpha value is -2.25. The molecule has 7 heteroatoms. The van der Waals surface area contributed by atoms with Crippen LogP contribution in [-0.2, 0) is 11.2 Å². The molecular weight excluding hydrogens is 390 g/mol. The van der Waals surface area contributed by atoms with Crippen molar-refractivity contribution in [1.29, 1.82) is 0 Å². The van der Waals surface area contributed by atoms with Gasteiger partial charge in [0.25, 0.3) is 0 Å². The van der Waals surface area contributed by atoms with Gasteiger partial charge in [0, 0.05) is 28.3 Å². The number of benzene rings is 1. The zero-order valence-electron chi connectivity index (χ0n) is 17.3. The second-order valence-electron chi connectivity index (χ2n) is 7.40. The Bertz CT molecular complexity index is 1100. The monoisotopic (exact) mass is 417 g/mol. The highest BCUT2D eigenvalue weighted by Gasteiger charge is 2.18. The minimum Gasteiger partial charge on any atom is -0.464 e. The van der Waals surface area contributed by atoms with Crippen LogP contribution < -0.4 is 10.9 Å². The van der Waals surface area contributed by atoms with Crippen molar-refractivity contribution in [2.24, 2.45) is 0 Å². The summed E-state index contributed by atoms with van der Waals surface area (Å²) in [5.41, 5.74) is 4.00. The van der Waals surface area contributed by atoms with Crippen molar-refractivity contribution in [3.8, 4) is 0 Å². The molecule has 0 bridgehead atoms. The molecule has 0 saturated heterocycles. The van der Waals surface area contributed by atoms with Crippen LogP contribution in [0.4, 0.5) is 0 Å². The van der Waals surface area contributed by atoms with Crippen molar-refractivity contribution in [3.63, 3.8) is 0 Å². The molecule has 0 fully saturated rings. The lowest BCUT2D eigenvalue weighted by atomic mass is 9.98. The van der Waals surface area contributed by atoms with E-state index in [4.69, 9.17) is 8.83 Å². The van der Waals surface area contributed by atoms with Gasteiger partial charge < -0.3 is 19.3 Å². The van der Waals surface area contributed by atoms with Gasteiger partial charge in [0.1, 0.15) is 11.2 Å². The van der Waals surface area contributed by atoms with Crippen molar-refractivity contribution in [3.05, 3.63) is 45.0 Å². The van der Waals surface area contributed by atoms with Crippen LogP contribution in [0.5, 0.6) is 0 Å². The fourth-order valence-corrected chi connectivity index (χ4v) is 4.14. The van der Waals surface area contributed by atoms with Gasteiger partial charge in [-0.15, -0.1) is 0 Å². The lowest BCUT2D eigenvalue weighted by Gasteiger charge is -2.16. The molecule has 0 aliphatic carbocycles. The molecule has 3 aromatic rings. The molecule has 1 amide bonds. The number of aliphatic hydroxyl groups is 1. The minimum absolute atomic E-state index is 0.0945. The van der Waals surface area contributed by atoms with E-state index in [-0.39, 0.29) is 31.4 Å². The van der Waals surface area contributed by atoms with E-state index >= 15 is 0 Å². The van der Waals surface area contributed by atoms with Crippen molar-refractivity contribution >= 4 is 39.6 Å². The Morgan fingerprint density at radius 3 is 2.66 bits per heavy atom. The van der Waals surface area contributed by atoms with E-state index in [2.05, 4.69) is 5.32 Å². The molecular formula is C22H27NO5S. The third-order valence-electron chi connectivity index (χ3n) is 5.39. The number of hydrogen-bond donors (Lipinski definition) is 2. The van der Waals surface area contributed by atoms with E-state index in [1.165, 1.54) is 0 Å². The molecule has 156 valence electrons. The smallest absolute Gasteiger partial charge is 0.339 e. The molecule has 0 spiro atoms. The summed E-state index contributed by atoms with van der Waals surface area (Å²) in [7, 11) is 0. The highest BCUT2D eigenvalue weighted by atomic mass is 32.2. The highest BCUT2D eigenvalue weighted by Crippen LogP contribution is 2.32. The molecule has 1 atom stereocenters. The Morgan fingerprint density at radius 2 is 1.97 bits per heavy atom. The van der Waals surface area contributed by atoms with Crippen LogP contribution >= 0.6 is 11.8 Å². The number of hydrogen-bond acceptors (Lipinski definition) is 6. The number of nitrogens with one attached hydrogen (secondary N) is 1. The summed E-state index contributed by atoms with van der Waals surface area (Å²) >= 11 is 1.67. The number of fused-ring (bicyclic) bond motifs is 2. The van der Waals surface area contributed by atoms with Gasteiger partial charge >= 0.3 is 5.63 Å². The summed E-state index contributed by atoms with van der Waals surface area (Å²) in [5, 5.41) is 14.1. The summed E-state index contributed by atoms with van der Waals surface area (Å²) < 4.78 is 11.2. The van der Waals surface area contributed by atoms with Gasteiger partial charge in [-0.05, 0) is 62.8 Å². The Kier molecular flexibility index (Phi) is 6.70. The number of aryl methyl sites for hydroxylation is 3. The first-order valence-corrected chi connectivity index (χ1v) is 11.1. The van der Waals surface area contributed by atoms with Crippen LogP contribution in [0.2, 0.25) is 0 Å². The number of rotatable bonds is 8. The minimum atomic E-state index is -0.422. The van der Waals surface area contributed by atoms with E-state index in [9.17, 15) is 14.7 Å². The molecule has 6 nitrogen and oxygen atoms in total. The van der Waals surface area contributed by atoms with Crippen LogP contribution in [0.3, 0.4) is 0 Å². The van der Waals surface area contributed by atoms with Gasteiger partial charge in [-0.25, -0.2) is 4.79 Å². The zero-order valence-corrected chi connectivity index (χ0v) is 18.1. The van der Waals surface area contributed by atoms with Crippen LogP contribution in [-0.4, -0.2) is 35.7 Å². The lowest BCUT2D eigenvalue weighted by Crippen LogP contribution is -2.38. The summed E-state index contributed by atoms with van der Waals surface area (Å²) in [6.07, 6.45) is 4.85. The SMILES string of the molecule is CSCCC(CO)NC(=O)CCc1c(C)c2cc3c(C)coc3c(C)c2oc1=O. The molecule has 1 aromatic carbocycles. The normalized spacial score (nSPS) is 12.6. The van der Waals surface area contributed by atoms with E-state index in [1.54, 1.807) is 18.0 Å². The van der Waals surface area contributed by atoms with Crippen molar-refractivity contribution in [2.45, 2.75) is 46.1 Å². The van der Waals surface area contributed by atoms with Crippen molar-refractivity contribution in [2.75, 3.05) is 18.6 Å². The van der Waals surface area contributed by atoms with Gasteiger partial charge in [0.2, 0.25) is 5.91 Å². The summed E-state index contributed by atoms with van der Waals surface area (Å²) in [6, 6.07) is 1.73. The summed E-state index contributed by atoms with van der Waals surface area (Å²) in [5.74, 6) is 0.682. The topological polar surface area (TPSA) is 92.7 Å². The second-order valence-corrected chi connectivity index (χ2v) is 8.38. The Morgan fingerprint density at radius 1 is 1.21 bits per heavy atom. The average Bonchev–Trinajstić information content (AvgIpc) is 3.07. The van der Waals surface area contributed by atoms with E-state index in [0.29, 0.717) is 17.6 Å². The van der Waals surface area contributed by atoms with Gasteiger partial charge in [-0.3, -0.25) is 4.79 Å². The van der Waals surface area contributed by atoms with Crippen LogP contribution in [0.1, 0.15) is 35.1 Å². The molecule has 1 unspecified atom stereocenters. The molecule has 0 saturated carbocycles. The highest BCUT2D eigenvalue weighted by molar-refractivity contribution is 7.98. The first kappa shape index (κ1) is 21.5. The maximum atomic E-state index is 12.6. The maximum Gasteiger partial charge on any atom is 0.339 e. The van der Waals surface area contributed by atoms with Gasteiger partial charge in [0.15, 0.2) is 0 Å². The molecule has 29 heavy (non-hydrogen) atoms. The van der Waals surface area contributed by atoms with Gasteiger partial charge in [-0.1, -0.05) is 0 Å². The van der Waals surface area contributed by atoms with E-state index < -0.39 is 5.63 Å². The zero-order chi connectivity index (χ0) is 21.1. The molecule has 3 rings (SSSR count). The largest absolute Gasteiger partial charge is 0.464 e. The molecule has 2 N–H and O–H groups in total. The molecule has 2 aromatic heterocycles. The summed E-state index contributed by atoms with van der Waals surface area (Å²) in [4.78, 5) is 24.9. The number of thioether (sulfide) groups is 1. The van der Waals surface area contributed by atoms with E-state index in [1.807, 2.05) is 33.1 Å². The standard InChI is InChI=1S/C22H27NO5S/c1-12-11-27-20-14(3)21-18(9-17(12)20)13(2)16(22(26)28-21)5-6-19(25)23-15(10-24)7-8-29-4/h9,11,15,24H,5-8,10H2,1-4H3,(H,23,25). The third kappa shape index (κ3) is 4.36. The average molecular weight is 418 g/mol. The van der Waals surface area contributed by atoms with E-state index in [0.717, 1.165) is 38.8 Å². The number of furan rings is 1. The molecule has 0 aliphatic rings. The Labute approximate surface area is 173 Å². The van der Waals surface area contributed by atoms with Crippen molar-refractivity contribution < 1.29 is 18.7 Å². The van der Waals surface area contributed by atoms with Crippen LogP contribution in [0.15, 0.2) is 26.0 Å². The quantitative estimate of drug-likeness (QED) is 0.544. The fraction of sp³-hybridized carbons (Fsp3) is 0.455. The fourth-order valence-electron chi connectivity index (χ4n) is 3.62. The third-order valence-corrected chi connectivity index (χ3v) is 6.04. The predicted octanol–water partition coefficient (Wildman–Crippen LogP) is 3.63. The molecule has 2 heterocycles. The number of carbonyl (C=O) groups excluding carboxylic acids is 1. The first-order chi connectivity index (χ1) is 13.9. The number of carbonyl (C=O) groups is 1. The van der Waals surface area contributed by atoms with Crippen LogP contribution in [0.25, 0.3) is 21.9 Å². The number of amides is 1. The second kappa shape index (κ2) is 9.05. The first-order valence-electron chi connectivity index (χ1n) is 9.70. The molecule has 0 aliphatic heterocycles. The maximum absolute atomic E-state index is 12.6. The number of aliphatic hydroxyl groups excluding tert-OH is 1. The van der Waals surface area contributed by atoms with Crippen LogP contribution in [0, 0.1) is 20.8 Å². The Balaban J connectivity index is 1.86.